The number of carbonyl (C=O) groups excluding carboxylic acids is 1. The van der Waals surface area contributed by atoms with Gasteiger partial charge in [0.15, 0.2) is 0 Å². The van der Waals surface area contributed by atoms with E-state index in [1.54, 1.807) is 6.07 Å². The Bertz CT molecular complexity index is 595. The van der Waals surface area contributed by atoms with Gasteiger partial charge in [-0.3, -0.25) is 14.5 Å². The third kappa shape index (κ3) is 5.19. The molecule has 6 nitrogen and oxygen atoms in total. The molecule has 1 heterocycles. The van der Waals surface area contributed by atoms with E-state index in [0.717, 1.165) is 12.8 Å². The number of aliphatic carboxylic acids is 1. The average molecular weight is 348 g/mol. The number of hydrogen-bond donors (Lipinski definition) is 1. The van der Waals surface area contributed by atoms with Crippen molar-refractivity contribution in [2.24, 2.45) is 0 Å². The number of likely N-dealkylation sites (tertiary alicyclic amines) is 1. The van der Waals surface area contributed by atoms with Crippen LogP contribution >= 0.6 is 0 Å². The van der Waals surface area contributed by atoms with Crippen molar-refractivity contribution in [1.82, 2.24) is 9.80 Å². The highest BCUT2D eigenvalue weighted by atomic mass is 16.5. The summed E-state index contributed by atoms with van der Waals surface area (Å²) in [6, 6.07) is 7.55. The minimum Gasteiger partial charge on any atom is -0.490 e. The number of para-hydroxylation sites is 1. The second-order valence-electron chi connectivity index (χ2n) is 6.64. The molecule has 0 saturated carbocycles. The maximum atomic E-state index is 12.9. The van der Waals surface area contributed by atoms with E-state index in [-0.39, 0.29) is 24.6 Å². The van der Waals surface area contributed by atoms with Crippen LogP contribution in [-0.2, 0) is 4.79 Å². The molecule has 0 spiro atoms. The minimum atomic E-state index is -0.805. The van der Waals surface area contributed by atoms with E-state index < -0.39 is 5.97 Å². The zero-order valence-electron chi connectivity index (χ0n) is 15.3. The normalized spacial score (nSPS) is 15.6. The first kappa shape index (κ1) is 19.2. The van der Waals surface area contributed by atoms with Crippen LogP contribution in [0.5, 0.6) is 5.75 Å². The summed E-state index contributed by atoms with van der Waals surface area (Å²) in [6.45, 7) is 7.88. The number of nitrogens with zero attached hydrogens (tertiary/aromatic N) is 2. The number of amides is 1. The third-order valence-corrected chi connectivity index (χ3v) is 4.49. The first-order valence-corrected chi connectivity index (χ1v) is 8.93. The molecule has 1 amide bonds. The molecule has 0 unspecified atom stereocenters. The van der Waals surface area contributed by atoms with Gasteiger partial charge in [0.1, 0.15) is 5.75 Å². The van der Waals surface area contributed by atoms with Gasteiger partial charge in [-0.15, -0.1) is 0 Å². The third-order valence-electron chi connectivity index (χ3n) is 4.49. The predicted octanol–water partition coefficient (Wildman–Crippen LogP) is 2.48. The van der Waals surface area contributed by atoms with Crippen LogP contribution in [0, 0.1) is 0 Å². The Morgan fingerprint density at radius 1 is 1.28 bits per heavy atom. The van der Waals surface area contributed by atoms with Gasteiger partial charge in [0.05, 0.1) is 18.2 Å². The van der Waals surface area contributed by atoms with Crippen molar-refractivity contribution in [2.75, 3.05) is 26.2 Å². The zero-order valence-corrected chi connectivity index (χ0v) is 15.3. The minimum absolute atomic E-state index is 0.00816. The van der Waals surface area contributed by atoms with Crippen molar-refractivity contribution in [3.63, 3.8) is 0 Å². The molecular formula is C19H28N2O4. The monoisotopic (exact) mass is 348 g/mol. The molecular weight excluding hydrogens is 320 g/mol. The number of carboxylic acid groups (broad SMARTS) is 1. The number of piperidine rings is 1. The number of carbonyl (C=O) groups is 2. The summed E-state index contributed by atoms with van der Waals surface area (Å²) >= 11 is 0. The number of benzene rings is 1. The van der Waals surface area contributed by atoms with E-state index in [2.05, 4.69) is 0 Å². The Balaban J connectivity index is 2.01. The van der Waals surface area contributed by atoms with Crippen LogP contribution < -0.4 is 4.74 Å². The summed E-state index contributed by atoms with van der Waals surface area (Å²) < 4.78 is 5.76. The Morgan fingerprint density at radius 2 is 1.92 bits per heavy atom. The van der Waals surface area contributed by atoms with E-state index in [0.29, 0.717) is 30.9 Å². The van der Waals surface area contributed by atoms with Crippen molar-refractivity contribution in [3.05, 3.63) is 29.8 Å². The molecule has 2 rings (SSSR count). The molecule has 0 radical (unpaired) electrons. The first-order chi connectivity index (χ1) is 11.9. The molecule has 1 N–H and O–H groups in total. The Kier molecular flexibility index (Phi) is 6.82. The molecule has 1 aromatic rings. The molecule has 1 aromatic carbocycles. The Hall–Kier alpha value is -2.08. The van der Waals surface area contributed by atoms with Crippen molar-refractivity contribution in [3.8, 4) is 5.75 Å². The number of rotatable bonds is 7. The zero-order chi connectivity index (χ0) is 18.4. The standard InChI is InChI=1S/C19H28N2O4/c1-4-20(13-18(22)23)15-9-11-21(12-10-15)19(24)16-7-5-6-8-17(16)25-14(2)3/h5-8,14-15H,4,9-13H2,1-3H3,(H,22,23). The largest absolute Gasteiger partial charge is 0.490 e. The Labute approximate surface area is 149 Å². The maximum Gasteiger partial charge on any atom is 0.317 e. The average Bonchev–Trinajstić information content (AvgIpc) is 2.59. The quantitative estimate of drug-likeness (QED) is 0.820. The van der Waals surface area contributed by atoms with Gasteiger partial charge >= 0.3 is 5.97 Å². The highest BCUT2D eigenvalue weighted by molar-refractivity contribution is 5.97. The molecule has 0 bridgehead atoms. The maximum absolute atomic E-state index is 12.9. The lowest BCUT2D eigenvalue weighted by atomic mass is 10.0. The summed E-state index contributed by atoms with van der Waals surface area (Å²) in [4.78, 5) is 27.7. The molecule has 6 heteroatoms. The topological polar surface area (TPSA) is 70.1 Å². The summed E-state index contributed by atoms with van der Waals surface area (Å²) in [5.74, 6) is -0.207. The van der Waals surface area contributed by atoms with Gasteiger partial charge in [-0.2, -0.15) is 0 Å². The second kappa shape index (κ2) is 8.85. The van der Waals surface area contributed by atoms with E-state index in [9.17, 15) is 9.59 Å². The van der Waals surface area contributed by atoms with E-state index in [1.165, 1.54) is 0 Å². The molecule has 1 aliphatic rings. The van der Waals surface area contributed by atoms with Crippen LogP contribution in [-0.4, -0.2) is 65.1 Å². The van der Waals surface area contributed by atoms with Crippen LogP contribution in [0.3, 0.4) is 0 Å². The van der Waals surface area contributed by atoms with Crippen LogP contribution in [0.25, 0.3) is 0 Å². The molecule has 1 saturated heterocycles. The van der Waals surface area contributed by atoms with Crippen molar-refractivity contribution in [2.45, 2.75) is 45.8 Å². The summed E-state index contributed by atoms with van der Waals surface area (Å²) in [6.07, 6.45) is 1.59. The second-order valence-corrected chi connectivity index (χ2v) is 6.64. The van der Waals surface area contributed by atoms with Crippen molar-refractivity contribution < 1.29 is 19.4 Å². The smallest absolute Gasteiger partial charge is 0.317 e. The molecule has 138 valence electrons. The number of ether oxygens (including phenoxy) is 1. The van der Waals surface area contributed by atoms with E-state index in [4.69, 9.17) is 9.84 Å². The van der Waals surface area contributed by atoms with Crippen molar-refractivity contribution >= 4 is 11.9 Å². The molecule has 0 atom stereocenters. The fourth-order valence-electron chi connectivity index (χ4n) is 3.28. The first-order valence-electron chi connectivity index (χ1n) is 8.93. The fraction of sp³-hybridized carbons (Fsp3) is 0.579. The van der Waals surface area contributed by atoms with Crippen LogP contribution in [0.1, 0.15) is 44.0 Å². The van der Waals surface area contributed by atoms with Gasteiger partial charge in [-0.05, 0) is 45.4 Å². The lowest BCUT2D eigenvalue weighted by Crippen LogP contribution is -2.48. The highest BCUT2D eigenvalue weighted by Gasteiger charge is 2.28. The molecule has 0 aliphatic carbocycles. The number of likely N-dealkylation sites (N-methyl/N-ethyl adjacent to an activating group) is 1. The van der Waals surface area contributed by atoms with E-state index >= 15 is 0 Å². The van der Waals surface area contributed by atoms with E-state index in [1.807, 2.05) is 48.8 Å². The van der Waals surface area contributed by atoms with Crippen LogP contribution in [0.4, 0.5) is 0 Å². The summed E-state index contributed by atoms with van der Waals surface area (Å²) in [5, 5.41) is 9.02. The summed E-state index contributed by atoms with van der Waals surface area (Å²) in [5.41, 5.74) is 0.590. The molecule has 1 aliphatic heterocycles. The van der Waals surface area contributed by atoms with Gasteiger partial charge in [0.25, 0.3) is 5.91 Å². The van der Waals surface area contributed by atoms with Gasteiger partial charge in [-0.1, -0.05) is 19.1 Å². The molecule has 0 aromatic heterocycles. The SMILES string of the molecule is CCN(CC(=O)O)C1CCN(C(=O)c2ccccc2OC(C)C)CC1. The number of carboxylic acids is 1. The van der Waals surface area contributed by atoms with Gasteiger partial charge in [0, 0.05) is 19.1 Å². The molecule has 25 heavy (non-hydrogen) atoms. The lowest BCUT2D eigenvalue weighted by molar-refractivity contribution is -0.139. The molecule has 1 fully saturated rings. The fourth-order valence-corrected chi connectivity index (χ4v) is 3.28. The van der Waals surface area contributed by atoms with Crippen molar-refractivity contribution in [1.29, 1.82) is 0 Å². The van der Waals surface area contributed by atoms with Gasteiger partial charge < -0.3 is 14.7 Å². The van der Waals surface area contributed by atoms with Gasteiger partial charge in [-0.25, -0.2) is 0 Å². The number of hydrogen-bond acceptors (Lipinski definition) is 4. The summed E-state index contributed by atoms with van der Waals surface area (Å²) in [7, 11) is 0. The van der Waals surface area contributed by atoms with Crippen LogP contribution in [0.15, 0.2) is 24.3 Å². The van der Waals surface area contributed by atoms with Gasteiger partial charge in [0.2, 0.25) is 0 Å². The lowest BCUT2D eigenvalue weighted by Gasteiger charge is -2.37. The van der Waals surface area contributed by atoms with Crippen LogP contribution in [0.2, 0.25) is 0 Å². The Morgan fingerprint density at radius 3 is 2.48 bits per heavy atom. The highest BCUT2D eigenvalue weighted by Crippen LogP contribution is 2.24. The predicted molar refractivity (Wildman–Crippen MR) is 96.0 cm³/mol.